The molecule has 1 fully saturated rings. The number of aromatic nitrogens is 1. The van der Waals surface area contributed by atoms with Gasteiger partial charge in [-0.1, -0.05) is 6.92 Å². The van der Waals surface area contributed by atoms with Crippen molar-refractivity contribution in [2.45, 2.75) is 26.3 Å². The summed E-state index contributed by atoms with van der Waals surface area (Å²) in [6, 6.07) is 0.567. The Morgan fingerprint density at radius 2 is 2.54 bits per heavy atom. The van der Waals surface area contributed by atoms with Gasteiger partial charge in [-0.3, -0.25) is 9.88 Å². The summed E-state index contributed by atoms with van der Waals surface area (Å²) in [4.78, 5) is 8.08. The average Bonchev–Trinajstić information content (AvgIpc) is 2.72. The summed E-state index contributed by atoms with van der Waals surface area (Å²) >= 11 is 1.77. The maximum absolute atomic E-state index is 4.13. The van der Waals surface area contributed by atoms with Gasteiger partial charge in [0.1, 0.15) is 0 Å². The smallest absolute Gasteiger partial charge is 0.0794 e. The lowest BCUT2D eigenvalue weighted by Crippen LogP contribution is -2.23. The van der Waals surface area contributed by atoms with Crippen LogP contribution in [-0.4, -0.2) is 23.0 Å². The van der Waals surface area contributed by atoms with Gasteiger partial charge in [-0.2, -0.15) is 0 Å². The first-order chi connectivity index (χ1) is 6.27. The number of thiazole rings is 1. The van der Waals surface area contributed by atoms with Crippen LogP contribution in [0.4, 0.5) is 0 Å². The zero-order valence-corrected chi connectivity index (χ0v) is 9.05. The van der Waals surface area contributed by atoms with E-state index in [1.807, 2.05) is 11.7 Å². The zero-order valence-electron chi connectivity index (χ0n) is 8.23. The van der Waals surface area contributed by atoms with Crippen molar-refractivity contribution >= 4 is 11.3 Å². The predicted molar refractivity (Wildman–Crippen MR) is 55.9 cm³/mol. The molecule has 2 nitrogen and oxygen atoms in total. The van der Waals surface area contributed by atoms with Gasteiger partial charge >= 0.3 is 0 Å². The molecule has 1 aromatic rings. The van der Waals surface area contributed by atoms with Crippen LogP contribution in [0, 0.1) is 5.92 Å². The molecule has 2 heterocycles. The summed E-state index contributed by atoms with van der Waals surface area (Å²) in [7, 11) is 0. The molecule has 0 spiro atoms. The SMILES string of the molecule is CC1CCN(C(C)c2cncs2)C1. The van der Waals surface area contributed by atoms with Crippen LogP contribution in [0.15, 0.2) is 11.7 Å². The van der Waals surface area contributed by atoms with Gasteiger partial charge in [0.05, 0.1) is 5.51 Å². The highest BCUT2D eigenvalue weighted by Gasteiger charge is 2.24. The van der Waals surface area contributed by atoms with Gasteiger partial charge in [-0.05, 0) is 25.8 Å². The van der Waals surface area contributed by atoms with E-state index in [0.29, 0.717) is 6.04 Å². The molecule has 1 saturated heterocycles. The van der Waals surface area contributed by atoms with E-state index >= 15 is 0 Å². The molecular formula is C10H16N2S. The third kappa shape index (κ3) is 1.92. The maximum Gasteiger partial charge on any atom is 0.0794 e. The number of likely N-dealkylation sites (tertiary alicyclic amines) is 1. The summed E-state index contributed by atoms with van der Waals surface area (Å²) in [5, 5.41) is 0. The topological polar surface area (TPSA) is 16.1 Å². The largest absolute Gasteiger partial charge is 0.295 e. The minimum Gasteiger partial charge on any atom is -0.295 e. The van der Waals surface area contributed by atoms with Crippen LogP contribution in [0.3, 0.4) is 0 Å². The Kier molecular flexibility index (Phi) is 2.65. The first kappa shape index (κ1) is 9.16. The average molecular weight is 196 g/mol. The Hall–Kier alpha value is -0.410. The summed E-state index contributed by atoms with van der Waals surface area (Å²) in [6.07, 6.45) is 3.35. The van der Waals surface area contributed by atoms with Gasteiger partial charge in [0.2, 0.25) is 0 Å². The van der Waals surface area contributed by atoms with Crippen LogP contribution in [0.5, 0.6) is 0 Å². The van der Waals surface area contributed by atoms with Gasteiger partial charge in [0.25, 0.3) is 0 Å². The molecule has 13 heavy (non-hydrogen) atoms. The van der Waals surface area contributed by atoms with Crippen LogP contribution in [0.25, 0.3) is 0 Å². The zero-order chi connectivity index (χ0) is 9.26. The normalized spacial score (nSPS) is 26.5. The Balaban J connectivity index is 2.02. The van der Waals surface area contributed by atoms with E-state index in [4.69, 9.17) is 0 Å². The highest BCUT2D eigenvalue weighted by molar-refractivity contribution is 7.09. The van der Waals surface area contributed by atoms with E-state index in [1.165, 1.54) is 24.4 Å². The number of nitrogens with zero attached hydrogens (tertiary/aromatic N) is 2. The molecule has 3 heteroatoms. The van der Waals surface area contributed by atoms with Crippen LogP contribution in [-0.2, 0) is 0 Å². The molecule has 0 N–H and O–H groups in total. The monoisotopic (exact) mass is 196 g/mol. The van der Waals surface area contributed by atoms with E-state index in [2.05, 4.69) is 23.7 Å². The third-order valence-electron chi connectivity index (χ3n) is 2.87. The first-order valence-electron chi connectivity index (χ1n) is 4.90. The lowest BCUT2D eigenvalue weighted by Gasteiger charge is -2.22. The predicted octanol–water partition coefficient (Wildman–Crippen LogP) is 2.55. The van der Waals surface area contributed by atoms with Gasteiger partial charge in [0, 0.05) is 23.7 Å². The van der Waals surface area contributed by atoms with Gasteiger partial charge in [-0.25, -0.2) is 0 Å². The first-order valence-corrected chi connectivity index (χ1v) is 5.78. The minimum absolute atomic E-state index is 0.567. The molecule has 2 unspecified atom stereocenters. The van der Waals surface area contributed by atoms with Crippen molar-refractivity contribution in [3.05, 3.63) is 16.6 Å². The van der Waals surface area contributed by atoms with Crippen molar-refractivity contribution in [3.8, 4) is 0 Å². The van der Waals surface area contributed by atoms with E-state index in [0.717, 1.165) is 5.92 Å². The van der Waals surface area contributed by atoms with E-state index < -0.39 is 0 Å². The maximum atomic E-state index is 4.13. The summed E-state index contributed by atoms with van der Waals surface area (Å²) in [6.45, 7) is 7.12. The van der Waals surface area contributed by atoms with Crippen molar-refractivity contribution < 1.29 is 0 Å². The van der Waals surface area contributed by atoms with Crippen molar-refractivity contribution in [2.75, 3.05) is 13.1 Å². The van der Waals surface area contributed by atoms with Crippen molar-refractivity contribution in [3.63, 3.8) is 0 Å². The summed E-state index contributed by atoms with van der Waals surface area (Å²) in [5.41, 5.74) is 1.92. The molecule has 0 saturated carbocycles. The van der Waals surface area contributed by atoms with Crippen LogP contribution in [0.2, 0.25) is 0 Å². The fourth-order valence-electron chi connectivity index (χ4n) is 1.93. The molecule has 1 aromatic heterocycles. The molecule has 72 valence electrons. The molecule has 0 amide bonds. The Morgan fingerprint density at radius 1 is 1.69 bits per heavy atom. The second-order valence-corrected chi connectivity index (χ2v) is 4.89. The standard InChI is InChI=1S/C10H16N2S/c1-8-3-4-12(6-8)9(2)10-5-11-7-13-10/h5,7-9H,3-4,6H2,1-2H3. The quantitative estimate of drug-likeness (QED) is 0.722. The molecular weight excluding hydrogens is 180 g/mol. The minimum atomic E-state index is 0.567. The second kappa shape index (κ2) is 3.76. The third-order valence-corrected chi connectivity index (χ3v) is 3.81. The second-order valence-electron chi connectivity index (χ2n) is 3.97. The fraction of sp³-hybridized carbons (Fsp3) is 0.700. The molecule has 0 radical (unpaired) electrons. The highest BCUT2D eigenvalue weighted by atomic mass is 32.1. The number of hydrogen-bond acceptors (Lipinski definition) is 3. The van der Waals surface area contributed by atoms with Gasteiger partial charge in [-0.15, -0.1) is 11.3 Å². The Morgan fingerprint density at radius 3 is 3.08 bits per heavy atom. The summed E-state index contributed by atoms with van der Waals surface area (Å²) < 4.78 is 0. The molecule has 1 aliphatic rings. The van der Waals surface area contributed by atoms with E-state index in [9.17, 15) is 0 Å². The highest BCUT2D eigenvalue weighted by Crippen LogP contribution is 2.28. The Labute approximate surface area is 83.6 Å². The van der Waals surface area contributed by atoms with Gasteiger partial charge < -0.3 is 0 Å². The van der Waals surface area contributed by atoms with Crippen LogP contribution < -0.4 is 0 Å². The van der Waals surface area contributed by atoms with E-state index in [-0.39, 0.29) is 0 Å². The number of hydrogen-bond donors (Lipinski definition) is 0. The van der Waals surface area contributed by atoms with Crippen molar-refractivity contribution in [1.29, 1.82) is 0 Å². The van der Waals surface area contributed by atoms with E-state index in [1.54, 1.807) is 11.3 Å². The molecule has 2 rings (SSSR count). The molecule has 1 aliphatic heterocycles. The molecule has 2 atom stereocenters. The fourth-order valence-corrected chi connectivity index (χ4v) is 2.64. The number of rotatable bonds is 2. The Bertz CT molecular complexity index is 258. The van der Waals surface area contributed by atoms with Crippen molar-refractivity contribution in [2.24, 2.45) is 5.92 Å². The molecule has 0 aromatic carbocycles. The summed E-state index contributed by atoms with van der Waals surface area (Å²) in [5.74, 6) is 0.871. The molecule has 0 aliphatic carbocycles. The van der Waals surface area contributed by atoms with Crippen LogP contribution in [0.1, 0.15) is 31.2 Å². The van der Waals surface area contributed by atoms with Crippen molar-refractivity contribution in [1.82, 2.24) is 9.88 Å². The lowest BCUT2D eigenvalue weighted by atomic mass is 10.2. The van der Waals surface area contributed by atoms with Gasteiger partial charge in [0.15, 0.2) is 0 Å². The molecule has 0 bridgehead atoms. The van der Waals surface area contributed by atoms with Crippen LogP contribution >= 0.6 is 11.3 Å². The lowest BCUT2D eigenvalue weighted by molar-refractivity contribution is 0.258.